The van der Waals surface area contributed by atoms with Gasteiger partial charge in [0.25, 0.3) is 0 Å². The molecule has 5 unspecified atom stereocenters. The zero-order valence-electron chi connectivity index (χ0n) is 12.0. The molecule has 3 rings (SSSR count). The van der Waals surface area contributed by atoms with Crippen LogP contribution in [0.3, 0.4) is 0 Å². The zero-order valence-corrected chi connectivity index (χ0v) is 12.0. The van der Waals surface area contributed by atoms with Gasteiger partial charge in [-0.25, -0.2) is 0 Å². The summed E-state index contributed by atoms with van der Waals surface area (Å²) < 4.78 is 0. The first-order chi connectivity index (χ1) is 8.83. The minimum absolute atomic E-state index is 0.816. The van der Waals surface area contributed by atoms with Crippen LogP contribution >= 0.6 is 0 Å². The molecule has 3 fully saturated rings. The Morgan fingerprint density at radius 1 is 1.06 bits per heavy atom. The van der Waals surface area contributed by atoms with Gasteiger partial charge in [-0.15, -0.1) is 0 Å². The molecule has 3 aliphatic rings. The Labute approximate surface area is 112 Å². The van der Waals surface area contributed by atoms with Crippen LogP contribution in [0.15, 0.2) is 0 Å². The molecule has 104 valence electrons. The fourth-order valence-corrected chi connectivity index (χ4v) is 4.63. The summed E-state index contributed by atoms with van der Waals surface area (Å²) in [4.78, 5) is 0. The molecular formula is C16H30N2. The van der Waals surface area contributed by atoms with Gasteiger partial charge in [-0.05, 0) is 69.4 Å². The largest absolute Gasteiger partial charge is 0.314 e. The monoisotopic (exact) mass is 250 g/mol. The molecule has 0 aromatic rings. The highest BCUT2D eigenvalue weighted by molar-refractivity contribution is 4.93. The summed E-state index contributed by atoms with van der Waals surface area (Å²) in [6, 6.07) is 1.64. The van der Waals surface area contributed by atoms with E-state index in [2.05, 4.69) is 17.6 Å². The minimum atomic E-state index is 0.816. The van der Waals surface area contributed by atoms with E-state index in [1.165, 1.54) is 64.5 Å². The van der Waals surface area contributed by atoms with Gasteiger partial charge < -0.3 is 10.6 Å². The highest BCUT2D eigenvalue weighted by Crippen LogP contribution is 2.33. The van der Waals surface area contributed by atoms with Gasteiger partial charge >= 0.3 is 0 Å². The molecule has 1 aliphatic heterocycles. The SMILES string of the molecule is CC1CCC(CNC2CCCC2C2CCCN2)C1. The second-order valence-corrected chi connectivity index (χ2v) is 7.10. The molecule has 18 heavy (non-hydrogen) atoms. The lowest BCUT2D eigenvalue weighted by Crippen LogP contribution is -2.43. The molecule has 1 saturated heterocycles. The van der Waals surface area contributed by atoms with E-state index in [0.717, 1.165) is 29.8 Å². The van der Waals surface area contributed by atoms with E-state index < -0.39 is 0 Å². The third-order valence-corrected chi connectivity index (χ3v) is 5.66. The van der Waals surface area contributed by atoms with Crippen molar-refractivity contribution in [1.29, 1.82) is 0 Å². The topological polar surface area (TPSA) is 24.1 Å². The van der Waals surface area contributed by atoms with Crippen LogP contribution in [0.2, 0.25) is 0 Å². The smallest absolute Gasteiger partial charge is 0.0111 e. The molecule has 1 heterocycles. The summed E-state index contributed by atoms with van der Waals surface area (Å²) in [7, 11) is 0. The van der Waals surface area contributed by atoms with Gasteiger partial charge in [-0.1, -0.05) is 19.8 Å². The second kappa shape index (κ2) is 5.92. The Balaban J connectivity index is 1.46. The number of hydrogen-bond acceptors (Lipinski definition) is 2. The van der Waals surface area contributed by atoms with Gasteiger partial charge in [-0.2, -0.15) is 0 Å². The summed E-state index contributed by atoms with van der Waals surface area (Å²) in [6.07, 6.45) is 11.5. The minimum Gasteiger partial charge on any atom is -0.314 e. The van der Waals surface area contributed by atoms with Crippen molar-refractivity contribution in [2.24, 2.45) is 17.8 Å². The van der Waals surface area contributed by atoms with Crippen LogP contribution in [0.5, 0.6) is 0 Å². The fourth-order valence-electron chi connectivity index (χ4n) is 4.63. The van der Waals surface area contributed by atoms with Gasteiger partial charge in [0.15, 0.2) is 0 Å². The Bertz CT molecular complexity index is 260. The van der Waals surface area contributed by atoms with Gasteiger partial charge in [-0.3, -0.25) is 0 Å². The molecular weight excluding hydrogens is 220 g/mol. The molecule has 0 aromatic carbocycles. The lowest BCUT2D eigenvalue weighted by atomic mass is 9.92. The van der Waals surface area contributed by atoms with Gasteiger partial charge in [0, 0.05) is 12.1 Å². The zero-order chi connectivity index (χ0) is 12.4. The molecule has 0 radical (unpaired) electrons. The maximum atomic E-state index is 3.93. The van der Waals surface area contributed by atoms with Crippen molar-refractivity contribution < 1.29 is 0 Å². The van der Waals surface area contributed by atoms with Crippen LogP contribution < -0.4 is 10.6 Å². The van der Waals surface area contributed by atoms with E-state index in [1.54, 1.807) is 0 Å². The van der Waals surface area contributed by atoms with E-state index >= 15 is 0 Å². The van der Waals surface area contributed by atoms with Crippen molar-refractivity contribution in [1.82, 2.24) is 10.6 Å². The van der Waals surface area contributed by atoms with Gasteiger partial charge in [0.1, 0.15) is 0 Å². The summed E-state index contributed by atoms with van der Waals surface area (Å²) in [5.41, 5.74) is 0. The Hall–Kier alpha value is -0.0800. The molecule has 0 bridgehead atoms. The predicted octanol–water partition coefficient (Wildman–Crippen LogP) is 2.93. The Kier molecular flexibility index (Phi) is 4.25. The lowest BCUT2D eigenvalue weighted by Gasteiger charge is -2.27. The number of hydrogen-bond donors (Lipinski definition) is 2. The van der Waals surface area contributed by atoms with Gasteiger partial charge in [0.05, 0.1) is 0 Å². The maximum absolute atomic E-state index is 3.93. The fraction of sp³-hybridized carbons (Fsp3) is 1.00. The summed E-state index contributed by atoms with van der Waals surface area (Å²) in [6.45, 7) is 4.97. The molecule has 0 aromatic heterocycles. The molecule has 2 saturated carbocycles. The summed E-state index contributed by atoms with van der Waals surface area (Å²) in [5.74, 6) is 2.87. The van der Waals surface area contributed by atoms with Crippen molar-refractivity contribution in [3.8, 4) is 0 Å². The van der Waals surface area contributed by atoms with E-state index in [0.29, 0.717) is 0 Å². The molecule has 2 heteroatoms. The average Bonchev–Trinajstić information content (AvgIpc) is 3.07. The number of rotatable bonds is 4. The van der Waals surface area contributed by atoms with E-state index in [1.807, 2.05) is 0 Å². The Morgan fingerprint density at radius 2 is 2.00 bits per heavy atom. The first-order valence-electron chi connectivity index (χ1n) is 8.29. The van der Waals surface area contributed by atoms with Crippen molar-refractivity contribution in [2.75, 3.05) is 13.1 Å². The third-order valence-electron chi connectivity index (χ3n) is 5.66. The highest BCUT2D eigenvalue weighted by atomic mass is 15.0. The summed E-state index contributed by atoms with van der Waals surface area (Å²) in [5, 5.41) is 7.65. The molecule has 5 atom stereocenters. The standard InChI is InChI=1S/C16H30N2/c1-12-7-8-13(10-12)11-18-16-5-2-4-14(16)15-6-3-9-17-15/h12-18H,2-11H2,1H3. The number of nitrogens with one attached hydrogen (secondary N) is 2. The molecule has 2 nitrogen and oxygen atoms in total. The van der Waals surface area contributed by atoms with Crippen molar-refractivity contribution in [3.05, 3.63) is 0 Å². The van der Waals surface area contributed by atoms with Crippen LogP contribution in [0, 0.1) is 17.8 Å². The van der Waals surface area contributed by atoms with E-state index in [4.69, 9.17) is 0 Å². The first-order valence-corrected chi connectivity index (χ1v) is 8.29. The quantitative estimate of drug-likeness (QED) is 0.801. The normalized spacial score (nSPS) is 44.8. The molecule has 0 amide bonds. The maximum Gasteiger partial charge on any atom is 0.0111 e. The highest BCUT2D eigenvalue weighted by Gasteiger charge is 2.35. The van der Waals surface area contributed by atoms with E-state index in [-0.39, 0.29) is 0 Å². The van der Waals surface area contributed by atoms with Crippen LogP contribution in [-0.4, -0.2) is 25.2 Å². The summed E-state index contributed by atoms with van der Waals surface area (Å²) >= 11 is 0. The molecule has 0 spiro atoms. The predicted molar refractivity (Wildman–Crippen MR) is 76.7 cm³/mol. The van der Waals surface area contributed by atoms with Crippen LogP contribution in [0.1, 0.15) is 58.3 Å². The van der Waals surface area contributed by atoms with Crippen molar-refractivity contribution in [3.63, 3.8) is 0 Å². The van der Waals surface area contributed by atoms with E-state index in [9.17, 15) is 0 Å². The molecule has 2 N–H and O–H groups in total. The second-order valence-electron chi connectivity index (χ2n) is 7.10. The first kappa shape index (κ1) is 12.9. The lowest BCUT2D eigenvalue weighted by molar-refractivity contribution is 0.305. The Morgan fingerprint density at radius 3 is 2.72 bits per heavy atom. The van der Waals surface area contributed by atoms with Gasteiger partial charge in [0.2, 0.25) is 0 Å². The van der Waals surface area contributed by atoms with Crippen molar-refractivity contribution >= 4 is 0 Å². The third kappa shape index (κ3) is 2.91. The molecule has 2 aliphatic carbocycles. The average molecular weight is 250 g/mol. The van der Waals surface area contributed by atoms with Crippen LogP contribution in [0.4, 0.5) is 0 Å². The van der Waals surface area contributed by atoms with Crippen molar-refractivity contribution in [2.45, 2.75) is 70.4 Å². The van der Waals surface area contributed by atoms with Crippen LogP contribution in [0.25, 0.3) is 0 Å². The van der Waals surface area contributed by atoms with Crippen LogP contribution in [-0.2, 0) is 0 Å².